The average Bonchev–Trinajstić information content (AvgIpc) is 3.31. The highest BCUT2D eigenvalue weighted by Gasteiger charge is 2.23. The smallest absolute Gasteiger partial charge is 0.215 e. The Bertz CT molecular complexity index is 1480. The van der Waals surface area contributed by atoms with Crippen LogP contribution in [0.5, 0.6) is 0 Å². The molecule has 5 rings (SSSR count). The lowest BCUT2D eigenvalue weighted by molar-refractivity contribution is 0.590. The van der Waals surface area contributed by atoms with Crippen LogP contribution in [-0.2, 0) is 17.4 Å². The number of imidazole rings is 1. The molecule has 0 spiro atoms. The molecule has 2 aromatic heterocycles. The quantitative estimate of drug-likeness (QED) is 0.272. The number of unbranched alkanes of at least 4 members (excludes halogenated alkanes) is 1. The molecule has 2 N–H and O–H groups in total. The van der Waals surface area contributed by atoms with Crippen molar-refractivity contribution in [1.82, 2.24) is 14.1 Å². The SMILES string of the molecule is CCCCn1c(-n2c3ccc(C(C)(C)C)cc3c3cc(C(C)(C)C)ccc32)nc2c(N)cccc21. The molecule has 182 valence electrons. The maximum absolute atomic E-state index is 6.40. The van der Waals surface area contributed by atoms with Gasteiger partial charge in [-0.25, -0.2) is 4.98 Å². The van der Waals surface area contributed by atoms with Gasteiger partial charge in [-0.2, -0.15) is 0 Å². The van der Waals surface area contributed by atoms with Crippen molar-refractivity contribution in [3.63, 3.8) is 0 Å². The molecule has 0 aliphatic carbocycles. The molecule has 4 heteroatoms. The second kappa shape index (κ2) is 8.15. The third-order valence-corrected chi connectivity index (χ3v) is 7.22. The number of hydrogen-bond donors (Lipinski definition) is 1. The van der Waals surface area contributed by atoms with Gasteiger partial charge in [0.1, 0.15) is 5.52 Å². The van der Waals surface area contributed by atoms with E-state index >= 15 is 0 Å². The van der Waals surface area contributed by atoms with Gasteiger partial charge in [0, 0.05) is 17.3 Å². The minimum atomic E-state index is 0.0764. The molecular weight excluding hydrogens is 428 g/mol. The number of nitrogens with two attached hydrogens (primary N) is 1. The summed E-state index contributed by atoms with van der Waals surface area (Å²) in [4.78, 5) is 5.15. The second-order valence-corrected chi connectivity index (χ2v) is 11.9. The average molecular weight is 467 g/mol. The van der Waals surface area contributed by atoms with Crippen LogP contribution in [0.1, 0.15) is 72.4 Å². The van der Waals surface area contributed by atoms with Crippen LogP contribution in [0.3, 0.4) is 0 Å². The van der Waals surface area contributed by atoms with Crippen molar-refractivity contribution in [3.05, 3.63) is 65.7 Å². The molecule has 0 radical (unpaired) electrons. The van der Waals surface area contributed by atoms with Crippen LogP contribution in [0.2, 0.25) is 0 Å². The minimum Gasteiger partial charge on any atom is -0.397 e. The Kier molecular flexibility index (Phi) is 5.47. The third-order valence-electron chi connectivity index (χ3n) is 7.22. The van der Waals surface area contributed by atoms with Gasteiger partial charge < -0.3 is 10.3 Å². The summed E-state index contributed by atoms with van der Waals surface area (Å²) in [6, 6.07) is 20.0. The summed E-state index contributed by atoms with van der Waals surface area (Å²) in [7, 11) is 0. The van der Waals surface area contributed by atoms with E-state index in [1.165, 1.54) is 32.9 Å². The predicted octanol–water partition coefficient (Wildman–Crippen LogP) is 8.11. The first-order chi connectivity index (χ1) is 16.5. The normalized spacial score (nSPS) is 12.9. The molecule has 5 aromatic rings. The van der Waals surface area contributed by atoms with Gasteiger partial charge in [-0.3, -0.25) is 4.57 Å². The lowest BCUT2D eigenvalue weighted by atomic mass is 9.85. The number of rotatable bonds is 4. The molecule has 4 nitrogen and oxygen atoms in total. The summed E-state index contributed by atoms with van der Waals surface area (Å²) in [5.74, 6) is 0.943. The number of aromatic nitrogens is 3. The molecule has 3 aromatic carbocycles. The standard InChI is InChI=1S/C31H38N4/c1-8-9-17-34-27-12-10-11-24(32)28(27)33-29(34)35-25-15-13-20(30(2,3)4)18-22(25)23-19-21(31(5,6)7)14-16-26(23)35/h10-16,18-19H,8-9,17,32H2,1-7H3. The minimum absolute atomic E-state index is 0.0764. The zero-order valence-electron chi connectivity index (χ0n) is 22.2. The topological polar surface area (TPSA) is 48.8 Å². The maximum Gasteiger partial charge on any atom is 0.215 e. The number of para-hydroxylation sites is 1. The number of aryl methyl sites for hydroxylation is 1. The lowest BCUT2D eigenvalue weighted by Gasteiger charge is -2.19. The Morgan fingerprint density at radius 2 is 1.34 bits per heavy atom. The first kappa shape index (κ1) is 23.5. The number of nitrogen functional groups attached to an aromatic ring is 1. The summed E-state index contributed by atoms with van der Waals surface area (Å²) in [6.07, 6.45) is 2.21. The zero-order chi connectivity index (χ0) is 25.1. The molecule has 0 amide bonds. The number of anilines is 1. The van der Waals surface area contributed by atoms with Gasteiger partial charge in [0.15, 0.2) is 0 Å². The van der Waals surface area contributed by atoms with E-state index in [-0.39, 0.29) is 10.8 Å². The zero-order valence-corrected chi connectivity index (χ0v) is 22.2. The second-order valence-electron chi connectivity index (χ2n) is 11.9. The summed E-state index contributed by atoms with van der Waals surface area (Å²) in [5.41, 5.74) is 14.3. The van der Waals surface area contributed by atoms with E-state index in [0.717, 1.165) is 42.1 Å². The lowest BCUT2D eigenvalue weighted by Crippen LogP contribution is -2.11. The van der Waals surface area contributed by atoms with Gasteiger partial charge >= 0.3 is 0 Å². The van der Waals surface area contributed by atoms with Crippen LogP contribution in [0.25, 0.3) is 38.8 Å². The van der Waals surface area contributed by atoms with Crippen molar-refractivity contribution in [3.8, 4) is 5.95 Å². The Hall–Kier alpha value is -3.27. The molecule has 0 saturated carbocycles. The third kappa shape index (κ3) is 3.89. The first-order valence-corrected chi connectivity index (χ1v) is 12.8. The monoisotopic (exact) mass is 466 g/mol. The van der Waals surface area contributed by atoms with E-state index in [9.17, 15) is 0 Å². The van der Waals surface area contributed by atoms with Gasteiger partial charge in [0.2, 0.25) is 5.95 Å². The van der Waals surface area contributed by atoms with Crippen LogP contribution in [0.15, 0.2) is 54.6 Å². The van der Waals surface area contributed by atoms with Crippen molar-refractivity contribution in [2.24, 2.45) is 0 Å². The molecule has 0 atom stereocenters. The highest BCUT2D eigenvalue weighted by Crippen LogP contribution is 2.38. The predicted molar refractivity (Wildman–Crippen MR) is 151 cm³/mol. The number of nitrogens with zero attached hydrogens (tertiary/aromatic N) is 3. The highest BCUT2D eigenvalue weighted by atomic mass is 15.2. The Labute approximate surface area is 208 Å². The van der Waals surface area contributed by atoms with Gasteiger partial charge in [-0.1, -0.05) is 73.1 Å². The van der Waals surface area contributed by atoms with Crippen LogP contribution in [0.4, 0.5) is 5.69 Å². The maximum atomic E-state index is 6.40. The van der Waals surface area contributed by atoms with Crippen molar-refractivity contribution < 1.29 is 0 Å². The summed E-state index contributed by atoms with van der Waals surface area (Å²) in [5, 5.41) is 2.56. The van der Waals surface area contributed by atoms with Crippen LogP contribution >= 0.6 is 0 Å². The van der Waals surface area contributed by atoms with E-state index in [0.29, 0.717) is 0 Å². The van der Waals surface area contributed by atoms with Crippen LogP contribution in [0, 0.1) is 0 Å². The molecule has 2 heterocycles. The Morgan fingerprint density at radius 1 is 0.771 bits per heavy atom. The molecule has 0 bridgehead atoms. The van der Waals surface area contributed by atoms with Gasteiger partial charge in [-0.05, 0) is 64.8 Å². The first-order valence-electron chi connectivity index (χ1n) is 12.8. The van der Waals surface area contributed by atoms with Crippen LogP contribution < -0.4 is 5.73 Å². The fraction of sp³-hybridized carbons (Fsp3) is 0.387. The fourth-order valence-electron chi connectivity index (χ4n) is 5.04. The Morgan fingerprint density at radius 3 is 1.86 bits per heavy atom. The molecular formula is C31H38N4. The van der Waals surface area contributed by atoms with Gasteiger partial charge in [-0.15, -0.1) is 0 Å². The largest absolute Gasteiger partial charge is 0.397 e. The highest BCUT2D eigenvalue weighted by molar-refractivity contribution is 6.10. The molecule has 0 aliphatic heterocycles. The number of benzene rings is 3. The van der Waals surface area contributed by atoms with E-state index < -0.39 is 0 Å². The molecule has 0 saturated heterocycles. The summed E-state index contributed by atoms with van der Waals surface area (Å²) < 4.78 is 4.70. The molecule has 35 heavy (non-hydrogen) atoms. The number of fused-ring (bicyclic) bond motifs is 4. The van der Waals surface area contributed by atoms with Gasteiger partial charge in [0.05, 0.1) is 22.2 Å². The van der Waals surface area contributed by atoms with Crippen molar-refractivity contribution in [2.45, 2.75) is 78.7 Å². The number of hydrogen-bond acceptors (Lipinski definition) is 2. The summed E-state index contributed by atoms with van der Waals surface area (Å²) >= 11 is 0. The Balaban J connectivity index is 1.91. The van der Waals surface area contributed by atoms with Gasteiger partial charge in [0.25, 0.3) is 0 Å². The molecule has 0 unspecified atom stereocenters. The van der Waals surface area contributed by atoms with Crippen molar-refractivity contribution in [2.75, 3.05) is 5.73 Å². The fourth-order valence-corrected chi connectivity index (χ4v) is 5.04. The van der Waals surface area contributed by atoms with E-state index in [1.54, 1.807) is 0 Å². The molecule has 0 aliphatic rings. The van der Waals surface area contributed by atoms with Crippen molar-refractivity contribution >= 4 is 38.5 Å². The molecule has 0 fully saturated rings. The van der Waals surface area contributed by atoms with Crippen LogP contribution in [-0.4, -0.2) is 14.1 Å². The summed E-state index contributed by atoms with van der Waals surface area (Å²) in [6.45, 7) is 16.8. The van der Waals surface area contributed by atoms with Crippen molar-refractivity contribution in [1.29, 1.82) is 0 Å². The van der Waals surface area contributed by atoms with E-state index in [1.807, 2.05) is 12.1 Å². The van der Waals surface area contributed by atoms with E-state index in [4.69, 9.17) is 10.7 Å². The van der Waals surface area contributed by atoms with E-state index in [2.05, 4.69) is 100 Å².